The fourth-order valence-corrected chi connectivity index (χ4v) is 3.55. The van der Waals surface area contributed by atoms with Crippen molar-refractivity contribution in [2.24, 2.45) is 5.92 Å². The lowest BCUT2D eigenvalue weighted by atomic mass is 9.86. The van der Waals surface area contributed by atoms with Gasteiger partial charge in [-0.05, 0) is 30.4 Å². The molecule has 1 N–H and O–H groups in total. The third-order valence-electron chi connectivity index (χ3n) is 4.50. The van der Waals surface area contributed by atoms with Crippen LogP contribution in [0.5, 0.6) is 0 Å². The van der Waals surface area contributed by atoms with Crippen LogP contribution in [0, 0.1) is 5.92 Å². The highest BCUT2D eigenvalue weighted by Crippen LogP contribution is 2.32. The summed E-state index contributed by atoms with van der Waals surface area (Å²) in [5.74, 6) is 0.895. The maximum atomic E-state index is 3.54. The largest absolute Gasteiger partial charge is 0.367 e. The lowest BCUT2D eigenvalue weighted by Gasteiger charge is -2.38. The van der Waals surface area contributed by atoms with E-state index in [0.29, 0.717) is 0 Å². The number of anilines is 1. The first-order chi connectivity index (χ1) is 8.84. The van der Waals surface area contributed by atoms with Crippen LogP contribution in [0.1, 0.15) is 38.2 Å². The Kier molecular flexibility index (Phi) is 3.55. The topological polar surface area (TPSA) is 15.3 Å². The zero-order valence-corrected chi connectivity index (χ0v) is 11.4. The first-order valence-electron chi connectivity index (χ1n) is 7.40. The first kappa shape index (κ1) is 12.0. The molecule has 98 valence electrons. The molecule has 2 heteroatoms. The van der Waals surface area contributed by atoms with Gasteiger partial charge in [0.25, 0.3) is 0 Å². The number of benzene rings is 1. The minimum absolute atomic E-state index is 0.759. The lowest BCUT2D eigenvalue weighted by molar-refractivity contribution is 0.330. The number of nitrogens with one attached hydrogen (secondary N) is 1. The van der Waals surface area contributed by atoms with Crippen molar-refractivity contribution in [1.29, 1.82) is 0 Å². The van der Waals surface area contributed by atoms with Crippen LogP contribution in [-0.4, -0.2) is 19.1 Å². The minimum atomic E-state index is 0.759. The van der Waals surface area contributed by atoms with Gasteiger partial charge in [-0.3, -0.25) is 0 Å². The van der Waals surface area contributed by atoms with E-state index in [1.165, 1.54) is 36.9 Å². The Labute approximate surface area is 110 Å². The Morgan fingerprint density at radius 1 is 1.22 bits per heavy atom. The zero-order valence-electron chi connectivity index (χ0n) is 11.4. The number of rotatable bonds is 1. The van der Waals surface area contributed by atoms with Gasteiger partial charge in [-0.1, -0.05) is 38.0 Å². The second kappa shape index (κ2) is 5.31. The predicted molar refractivity (Wildman–Crippen MR) is 76.9 cm³/mol. The van der Waals surface area contributed by atoms with E-state index in [4.69, 9.17) is 0 Å². The number of hydrogen-bond donors (Lipinski definition) is 1. The smallest absolute Gasteiger partial charge is 0.0414 e. The van der Waals surface area contributed by atoms with Gasteiger partial charge in [0, 0.05) is 31.4 Å². The van der Waals surface area contributed by atoms with Gasteiger partial charge in [-0.25, -0.2) is 0 Å². The highest BCUT2D eigenvalue weighted by Gasteiger charge is 2.26. The van der Waals surface area contributed by atoms with Crippen LogP contribution in [-0.2, 0) is 6.54 Å². The fourth-order valence-electron chi connectivity index (χ4n) is 3.55. The van der Waals surface area contributed by atoms with E-state index in [-0.39, 0.29) is 0 Å². The molecule has 2 aliphatic rings. The summed E-state index contributed by atoms with van der Waals surface area (Å²) in [7, 11) is 0. The molecule has 3 rings (SSSR count). The Bertz CT molecular complexity index is 402. The average Bonchev–Trinajstić information content (AvgIpc) is 2.61. The number of hydrogen-bond acceptors (Lipinski definition) is 2. The van der Waals surface area contributed by atoms with Crippen molar-refractivity contribution in [1.82, 2.24) is 5.32 Å². The van der Waals surface area contributed by atoms with Crippen LogP contribution in [0.15, 0.2) is 24.3 Å². The van der Waals surface area contributed by atoms with Crippen LogP contribution < -0.4 is 10.2 Å². The third-order valence-corrected chi connectivity index (χ3v) is 4.50. The third kappa shape index (κ3) is 2.39. The molecule has 0 bridgehead atoms. The molecule has 0 spiro atoms. The summed E-state index contributed by atoms with van der Waals surface area (Å²) < 4.78 is 0. The predicted octanol–water partition coefficient (Wildman–Crippen LogP) is 3.17. The molecule has 2 atom stereocenters. The summed E-state index contributed by atoms with van der Waals surface area (Å²) in [6.45, 7) is 5.71. The van der Waals surface area contributed by atoms with Gasteiger partial charge in [0.1, 0.15) is 0 Å². The highest BCUT2D eigenvalue weighted by molar-refractivity contribution is 5.55. The van der Waals surface area contributed by atoms with Gasteiger partial charge in [-0.2, -0.15) is 0 Å². The van der Waals surface area contributed by atoms with Gasteiger partial charge >= 0.3 is 0 Å². The maximum absolute atomic E-state index is 3.54. The summed E-state index contributed by atoms with van der Waals surface area (Å²) in [6.07, 6.45) is 5.56. The van der Waals surface area contributed by atoms with Crippen molar-refractivity contribution in [2.75, 3.05) is 18.0 Å². The molecule has 0 amide bonds. The SMILES string of the molecule is CC1CCCC(N2CCNCc3ccccc32)C1. The van der Waals surface area contributed by atoms with Crippen LogP contribution in [0.3, 0.4) is 0 Å². The quantitative estimate of drug-likeness (QED) is 0.816. The lowest BCUT2D eigenvalue weighted by Crippen LogP contribution is -2.41. The van der Waals surface area contributed by atoms with Gasteiger partial charge < -0.3 is 10.2 Å². The van der Waals surface area contributed by atoms with E-state index in [1.807, 2.05) is 0 Å². The van der Waals surface area contributed by atoms with Crippen molar-refractivity contribution in [3.63, 3.8) is 0 Å². The molecular formula is C16H24N2. The summed E-state index contributed by atoms with van der Waals surface area (Å²) in [5.41, 5.74) is 2.94. The van der Waals surface area contributed by atoms with Gasteiger partial charge in [0.05, 0.1) is 0 Å². The normalized spacial score (nSPS) is 28.6. The molecule has 0 saturated heterocycles. The van der Waals surface area contributed by atoms with E-state index in [2.05, 4.69) is 41.4 Å². The van der Waals surface area contributed by atoms with Gasteiger partial charge in [0.2, 0.25) is 0 Å². The van der Waals surface area contributed by atoms with E-state index < -0.39 is 0 Å². The van der Waals surface area contributed by atoms with Crippen molar-refractivity contribution < 1.29 is 0 Å². The molecule has 2 unspecified atom stereocenters. The van der Waals surface area contributed by atoms with E-state index >= 15 is 0 Å². The van der Waals surface area contributed by atoms with Crippen molar-refractivity contribution >= 4 is 5.69 Å². The molecule has 1 aromatic carbocycles. The Hall–Kier alpha value is -1.02. The van der Waals surface area contributed by atoms with E-state index in [9.17, 15) is 0 Å². The summed E-state index contributed by atoms with van der Waals surface area (Å²) in [4.78, 5) is 2.67. The van der Waals surface area contributed by atoms with Crippen LogP contribution in [0.4, 0.5) is 5.69 Å². The molecule has 0 aromatic heterocycles. The van der Waals surface area contributed by atoms with Crippen LogP contribution >= 0.6 is 0 Å². The van der Waals surface area contributed by atoms with Gasteiger partial charge in [0.15, 0.2) is 0 Å². The molecule has 1 saturated carbocycles. The molecule has 1 heterocycles. The van der Waals surface area contributed by atoms with E-state index in [1.54, 1.807) is 0 Å². The number of nitrogens with zero attached hydrogens (tertiary/aromatic N) is 1. The Balaban J connectivity index is 1.86. The van der Waals surface area contributed by atoms with E-state index in [0.717, 1.165) is 31.6 Å². The summed E-state index contributed by atoms with van der Waals surface area (Å²) >= 11 is 0. The van der Waals surface area contributed by atoms with Crippen molar-refractivity contribution in [3.8, 4) is 0 Å². The molecule has 1 fully saturated rings. The molecule has 2 nitrogen and oxygen atoms in total. The van der Waals surface area contributed by atoms with Crippen LogP contribution in [0.25, 0.3) is 0 Å². The second-order valence-electron chi connectivity index (χ2n) is 5.92. The molecular weight excluding hydrogens is 220 g/mol. The maximum Gasteiger partial charge on any atom is 0.0414 e. The summed E-state index contributed by atoms with van der Waals surface area (Å²) in [6, 6.07) is 9.68. The standard InChI is InChI=1S/C16H24N2/c1-13-5-4-7-15(11-13)18-10-9-17-12-14-6-2-3-8-16(14)18/h2-3,6,8,13,15,17H,4-5,7,9-12H2,1H3. The highest BCUT2D eigenvalue weighted by atomic mass is 15.2. The van der Waals surface area contributed by atoms with Crippen molar-refractivity contribution in [3.05, 3.63) is 29.8 Å². The average molecular weight is 244 g/mol. The summed E-state index contributed by atoms with van der Waals surface area (Å²) in [5, 5.41) is 3.54. The monoisotopic (exact) mass is 244 g/mol. The Morgan fingerprint density at radius 2 is 2.11 bits per heavy atom. The number of fused-ring (bicyclic) bond motifs is 1. The zero-order chi connectivity index (χ0) is 12.4. The Morgan fingerprint density at radius 3 is 3.00 bits per heavy atom. The second-order valence-corrected chi connectivity index (χ2v) is 5.92. The molecule has 1 aromatic rings. The molecule has 1 aliphatic carbocycles. The molecule has 1 aliphatic heterocycles. The molecule has 0 radical (unpaired) electrons. The number of para-hydroxylation sites is 1. The van der Waals surface area contributed by atoms with Crippen molar-refractivity contribution in [2.45, 2.75) is 45.2 Å². The minimum Gasteiger partial charge on any atom is -0.367 e. The van der Waals surface area contributed by atoms with Gasteiger partial charge in [-0.15, -0.1) is 0 Å². The first-order valence-corrected chi connectivity index (χ1v) is 7.40. The fraction of sp³-hybridized carbons (Fsp3) is 0.625. The van der Waals surface area contributed by atoms with Crippen LogP contribution in [0.2, 0.25) is 0 Å². The molecule has 18 heavy (non-hydrogen) atoms.